The fourth-order valence-corrected chi connectivity index (χ4v) is 2.69. The number of rotatable bonds is 10. The summed E-state index contributed by atoms with van der Waals surface area (Å²) in [7, 11) is 1.46. The largest absolute Gasteiger partial charge is 0.468 e. The molecule has 0 amide bonds. The van der Waals surface area contributed by atoms with Crippen LogP contribution >= 0.6 is 0 Å². The Kier molecular flexibility index (Phi) is 9.02. The maximum atomic E-state index is 12.0. The third-order valence-electron chi connectivity index (χ3n) is 3.55. The van der Waals surface area contributed by atoms with Crippen molar-refractivity contribution in [3.05, 3.63) is 0 Å². The molecule has 0 spiro atoms. The van der Waals surface area contributed by atoms with Gasteiger partial charge in [-0.3, -0.25) is 4.79 Å². The highest BCUT2D eigenvalue weighted by Crippen LogP contribution is 2.18. The number of hydrogen-bond donors (Lipinski definition) is 1. The smallest absolute Gasteiger partial charge is 0.325 e. The Labute approximate surface area is 118 Å². The zero-order valence-electron chi connectivity index (χ0n) is 13.6. The molecule has 2 unspecified atom stereocenters. The van der Waals surface area contributed by atoms with E-state index in [1.165, 1.54) is 7.11 Å². The van der Waals surface area contributed by atoms with Gasteiger partial charge < -0.3 is 15.0 Å². The minimum absolute atomic E-state index is 0.172. The summed E-state index contributed by atoms with van der Waals surface area (Å²) in [6.07, 6.45) is 3.05. The van der Waals surface area contributed by atoms with Crippen LogP contribution in [0.5, 0.6) is 0 Å². The molecule has 0 heterocycles. The third-order valence-corrected chi connectivity index (χ3v) is 3.55. The first-order chi connectivity index (χ1) is 8.95. The monoisotopic (exact) mass is 272 g/mol. The number of hydrogen-bond acceptors (Lipinski definition) is 4. The summed E-state index contributed by atoms with van der Waals surface area (Å²) in [6.45, 7) is 13.5. The van der Waals surface area contributed by atoms with Crippen LogP contribution in [0.2, 0.25) is 0 Å². The normalized spacial score (nSPS) is 16.2. The van der Waals surface area contributed by atoms with E-state index in [2.05, 4.69) is 31.0 Å². The molecule has 0 bridgehead atoms. The molecule has 0 aromatic rings. The zero-order chi connectivity index (χ0) is 14.9. The van der Waals surface area contributed by atoms with Gasteiger partial charge in [0, 0.05) is 6.04 Å². The lowest BCUT2D eigenvalue weighted by atomic mass is 9.92. The van der Waals surface area contributed by atoms with Gasteiger partial charge in [-0.25, -0.2) is 0 Å². The third kappa shape index (κ3) is 5.91. The van der Waals surface area contributed by atoms with E-state index in [1.54, 1.807) is 0 Å². The molecule has 2 atom stereocenters. The molecule has 0 radical (unpaired) electrons. The van der Waals surface area contributed by atoms with Gasteiger partial charge in [0.1, 0.15) is 5.54 Å². The summed E-state index contributed by atoms with van der Waals surface area (Å²) in [5.41, 5.74) is -0.595. The van der Waals surface area contributed by atoms with Crippen LogP contribution in [-0.4, -0.2) is 49.2 Å². The molecule has 0 saturated carbocycles. The molecule has 19 heavy (non-hydrogen) atoms. The maximum absolute atomic E-state index is 12.0. The lowest BCUT2D eigenvalue weighted by Gasteiger charge is -2.35. The standard InChI is InChI=1S/C15H32N2O2/c1-7-10-17(11-8-2)13(4)12-15(5,16-9-3)14(18)19-6/h13,16H,7-12H2,1-6H3. The highest BCUT2D eigenvalue weighted by molar-refractivity contribution is 5.80. The van der Waals surface area contributed by atoms with Crippen LogP contribution in [0.25, 0.3) is 0 Å². The SMILES string of the molecule is CCCN(CCC)C(C)CC(C)(NCC)C(=O)OC. The number of likely N-dealkylation sites (N-methyl/N-ethyl adjacent to an activating group) is 1. The molecular weight excluding hydrogens is 240 g/mol. The van der Waals surface area contributed by atoms with Gasteiger partial charge in [-0.15, -0.1) is 0 Å². The quantitative estimate of drug-likeness (QED) is 0.620. The van der Waals surface area contributed by atoms with Crippen molar-refractivity contribution in [1.29, 1.82) is 0 Å². The van der Waals surface area contributed by atoms with Gasteiger partial charge in [0.2, 0.25) is 0 Å². The number of nitrogens with zero attached hydrogens (tertiary/aromatic N) is 1. The van der Waals surface area contributed by atoms with Crippen LogP contribution < -0.4 is 5.32 Å². The maximum Gasteiger partial charge on any atom is 0.325 e. The Balaban J connectivity index is 4.75. The number of carbonyl (C=O) groups excluding carboxylic acids is 1. The van der Waals surface area contributed by atoms with Gasteiger partial charge in [-0.05, 0) is 52.7 Å². The minimum atomic E-state index is -0.595. The lowest BCUT2D eigenvalue weighted by Crippen LogP contribution is -2.54. The molecule has 0 aromatic carbocycles. The van der Waals surface area contributed by atoms with E-state index < -0.39 is 5.54 Å². The van der Waals surface area contributed by atoms with Crippen LogP contribution in [-0.2, 0) is 9.53 Å². The van der Waals surface area contributed by atoms with Crippen molar-refractivity contribution >= 4 is 5.97 Å². The Bertz CT molecular complexity index is 253. The number of ether oxygens (including phenoxy) is 1. The first kappa shape index (κ1) is 18.4. The Morgan fingerprint density at radius 2 is 1.79 bits per heavy atom. The summed E-state index contributed by atoms with van der Waals surface area (Å²) < 4.78 is 4.95. The number of carbonyl (C=O) groups is 1. The molecule has 4 heteroatoms. The van der Waals surface area contributed by atoms with Crippen molar-refractivity contribution in [1.82, 2.24) is 10.2 Å². The Hall–Kier alpha value is -0.610. The molecule has 1 N–H and O–H groups in total. The van der Waals surface area contributed by atoms with E-state index in [9.17, 15) is 4.79 Å². The van der Waals surface area contributed by atoms with Crippen molar-refractivity contribution in [2.24, 2.45) is 0 Å². The van der Waals surface area contributed by atoms with E-state index in [0.29, 0.717) is 6.04 Å². The summed E-state index contributed by atoms with van der Waals surface area (Å²) >= 11 is 0. The highest BCUT2D eigenvalue weighted by atomic mass is 16.5. The van der Waals surface area contributed by atoms with Crippen LogP contribution in [0.4, 0.5) is 0 Å². The van der Waals surface area contributed by atoms with Gasteiger partial charge in [-0.1, -0.05) is 20.8 Å². The fourth-order valence-electron chi connectivity index (χ4n) is 2.69. The first-order valence-corrected chi connectivity index (χ1v) is 7.52. The second-order valence-electron chi connectivity index (χ2n) is 5.44. The molecule has 0 aromatic heterocycles. The predicted molar refractivity (Wildman–Crippen MR) is 80.3 cm³/mol. The van der Waals surface area contributed by atoms with E-state index in [4.69, 9.17) is 4.74 Å². The molecule has 0 saturated heterocycles. The van der Waals surface area contributed by atoms with Crippen LogP contribution in [0, 0.1) is 0 Å². The first-order valence-electron chi connectivity index (χ1n) is 7.52. The predicted octanol–water partition coefficient (Wildman–Crippen LogP) is 2.43. The van der Waals surface area contributed by atoms with E-state index in [1.807, 2.05) is 13.8 Å². The van der Waals surface area contributed by atoms with E-state index >= 15 is 0 Å². The molecule has 0 fully saturated rings. The molecule has 0 rings (SSSR count). The average molecular weight is 272 g/mol. The van der Waals surface area contributed by atoms with Gasteiger partial charge in [0.05, 0.1) is 7.11 Å². The molecule has 0 aliphatic carbocycles. The molecule has 4 nitrogen and oxygen atoms in total. The van der Waals surface area contributed by atoms with Crippen molar-refractivity contribution < 1.29 is 9.53 Å². The lowest BCUT2D eigenvalue weighted by molar-refractivity contribution is -0.148. The number of nitrogens with one attached hydrogen (secondary N) is 1. The Morgan fingerprint density at radius 3 is 2.16 bits per heavy atom. The molecular formula is C15H32N2O2. The second kappa shape index (κ2) is 9.32. The summed E-state index contributed by atoms with van der Waals surface area (Å²) in [5.74, 6) is -0.172. The Morgan fingerprint density at radius 1 is 1.26 bits per heavy atom. The van der Waals surface area contributed by atoms with Crippen molar-refractivity contribution in [3.63, 3.8) is 0 Å². The molecule has 0 aliphatic rings. The van der Waals surface area contributed by atoms with Gasteiger partial charge in [-0.2, -0.15) is 0 Å². The molecule has 0 aliphatic heterocycles. The summed E-state index contributed by atoms with van der Waals surface area (Å²) in [5, 5.41) is 3.28. The van der Waals surface area contributed by atoms with E-state index in [-0.39, 0.29) is 5.97 Å². The second-order valence-corrected chi connectivity index (χ2v) is 5.44. The van der Waals surface area contributed by atoms with Crippen molar-refractivity contribution in [3.8, 4) is 0 Å². The van der Waals surface area contributed by atoms with Crippen LogP contribution in [0.1, 0.15) is 53.9 Å². The van der Waals surface area contributed by atoms with Gasteiger partial charge >= 0.3 is 5.97 Å². The number of methoxy groups -OCH3 is 1. The van der Waals surface area contributed by atoms with Crippen LogP contribution in [0.15, 0.2) is 0 Å². The van der Waals surface area contributed by atoms with Crippen molar-refractivity contribution in [2.45, 2.75) is 65.5 Å². The van der Waals surface area contributed by atoms with E-state index in [0.717, 1.165) is 38.9 Å². The summed E-state index contributed by atoms with van der Waals surface area (Å²) in [4.78, 5) is 14.5. The van der Waals surface area contributed by atoms with Gasteiger partial charge in [0.15, 0.2) is 0 Å². The number of esters is 1. The van der Waals surface area contributed by atoms with Gasteiger partial charge in [0.25, 0.3) is 0 Å². The zero-order valence-corrected chi connectivity index (χ0v) is 13.6. The highest BCUT2D eigenvalue weighted by Gasteiger charge is 2.36. The fraction of sp³-hybridized carbons (Fsp3) is 0.933. The minimum Gasteiger partial charge on any atom is -0.468 e. The molecule has 114 valence electrons. The van der Waals surface area contributed by atoms with Crippen molar-refractivity contribution in [2.75, 3.05) is 26.7 Å². The summed E-state index contributed by atoms with van der Waals surface area (Å²) in [6, 6.07) is 0.364. The average Bonchev–Trinajstić information content (AvgIpc) is 2.37. The topological polar surface area (TPSA) is 41.6 Å². The van der Waals surface area contributed by atoms with Crippen LogP contribution in [0.3, 0.4) is 0 Å².